The van der Waals surface area contributed by atoms with Crippen LogP contribution in [0.15, 0.2) is 18.3 Å². The summed E-state index contributed by atoms with van der Waals surface area (Å²) in [5.74, 6) is 0.565. The van der Waals surface area contributed by atoms with Crippen molar-refractivity contribution >= 4 is 17.1 Å². The highest BCUT2D eigenvalue weighted by Crippen LogP contribution is 2.18. The predicted octanol–water partition coefficient (Wildman–Crippen LogP) is 1.50. The maximum Gasteiger partial charge on any atom is 0.202 e. The van der Waals surface area contributed by atoms with Gasteiger partial charge in [-0.05, 0) is 45.0 Å². The van der Waals surface area contributed by atoms with Gasteiger partial charge in [0.25, 0.3) is 0 Å². The SMILES string of the molecule is CC(Cn1c(N)nc2cccnc21)N1CCCC1. The standard InChI is InChI=1S/C13H19N5/c1-10(17-7-2-3-8-17)9-18-12-11(16-13(18)14)5-4-6-15-12/h4-6,10H,2-3,7-9H2,1H3,(H2,14,16). The number of imidazole rings is 1. The highest BCUT2D eigenvalue weighted by atomic mass is 15.2. The Bertz CT molecular complexity index is 541. The zero-order chi connectivity index (χ0) is 12.5. The topological polar surface area (TPSA) is 60.0 Å². The van der Waals surface area contributed by atoms with Gasteiger partial charge in [-0.2, -0.15) is 0 Å². The number of pyridine rings is 1. The maximum absolute atomic E-state index is 5.99. The van der Waals surface area contributed by atoms with Crippen LogP contribution in [0, 0.1) is 0 Å². The highest BCUT2D eigenvalue weighted by Gasteiger charge is 2.20. The third kappa shape index (κ3) is 1.95. The van der Waals surface area contributed by atoms with Crippen molar-refractivity contribution in [2.24, 2.45) is 0 Å². The van der Waals surface area contributed by atoms with Crippen molar-refractivity contribution in [3.63, 3.8) is 0 Å². The first-order valence-electron chi connectivity index (χ1n) is 6.56. The van der Waals surface area contributed by atoms with Crippen LogP contribution in [0.5, 0.6) is 0 Å². The monoisotopic (exact) mass is 245 g/mol. The summed E-state index contributed by atoms with van der Waals surface area (Å²) in [5, 5.41) is 0. The van der Waals surface area contributed by atoms with Crippen molar-refractivity contribution in [2.75, 3.05) is 18.8 Å². The third-order valence-electron chi connectivity index (χ3n) is 3.74. The van der Waals surface area contributed by atoms with Crippen molar-refractivity contribution in [1.82, 2.24) is 19.4 Å². The van der Waals surface area contributed by atoms with E-state index in [0.717, 1.165) is 17.7 Å². The van der Waals surface area contributed by atoms with E-state index >= 15 is 0 Å². The normalized spacial score (nSPS) is 18.5. The third-order valence-corrected chi connectivity index (χ3v) is 3.74. The molecule has 1 fully saturated rings. The van der Waals surface area contributed by atoms with Crippen LogP contribution in [0.2, 0.25) is 0 Å². The van der Waals surface area contributed by atoms with Gasteiger partial charge in [-0.1, -0.05) is 0 Å². The summed E-state index contributed by atoms with van der Waals surface area (Å²) in [6.45, 7) is 5.50. The van der Waals surface area contributed by atoms with Gasteiger partial charge in [-0.15, -0.1) is 0 Å². The largest absolute Gasteiger partial charge is 0.369 e. The average Bonchev–Trinajstić information content (AvgIpc) is 2.98. The van der Waals surface area contributed by atoms with Gasteiger partial charge in [0.2, 0.25) is 5.95 Å². The molecule has 96 valence electrons. The van der Waals surface area contributed by atoms with E-state index < -0.39 is 0 Å². The molecular formula is C13H19N5. The van der Waals surface area contributed by atoms with Crippen molar-refractivity contribution in [1.29, 1.82) is 0 Å². The van der Waals surface area contributed by atoms with E-state index in [1.165, 1.54) is 25.9 Å². The van der Waals surface area contributed by atoms with Crippen LogP contribution in [0.25, 0.3) is 11.2 Å². The Hall–Kier alpha value is -1.62. The smallest absolute Gasteiger partial charge is 0.202 e. The molecule has 3 rings (SSSR count). The quantitative estimate of drug-likeness (QED) is 0.890. The minimum Gasteiger partial charge on any atom is -0.369 e. The van der Waals surface area contributed by atoms with Crippen molar-refractivity contribution in [3.8, 4) is 0 Å². The molecule has 1 atom stereocenters. The van der Waals surface area contributed by atoms with E-state index in [2.05, 4.69) is 21.8 Å². The first-order valence-corrected chi connectivity index (χ1v) is 6.56. The van der Waals surface area contributed by atoms with Gasteiger partial charge in [0.05, 0.1) is 0 Å². The Balaban J connectivity index is 1.87. The van der Waals surface area contributed by atoms with Gasteiger partial charge in [0, 0.05) is 18.8 Å². The molecule has 0 aliphatic carbocycles. The van der Waals surface area contributed by atoms with Crippen LogP contribution in [0.4, 0.5) is 5.95 Å². The number of fused-ring (bicyclic) bond motifs is 1. The fraction of sp³-hybridized carbons (Fsp3) is 0.538. The molecule has 2 aromatic heterocycles. The second-order valence-corrected chi connectivity index (χ2v) is 5.02. The Morgan fingerprint density at radius 3 is 2.94 bits per heavy atom. The van der Waals surface area contributed by atoms with Gasteiger partial charge in [0.1, 0.15) is 5.52 Å². The molecule has 1 aliphatic heterocycles. The van der Waals surface area contributed by atoms with Gasteiger partial charge in [-0.25, -0.2) is 9.97 Å². The zero-order valence-electron chi connectivity index (χ0n) is 10.7. The Morgan fingerprint density at radius 1 is 1.39 bits per heavy atom. The molecule has 1 saturated heterocycles. The van der Waals surface area contributed by atoms with Crippen LogP contribution in [0.1, 0.15) is 19.8 Å². The lowest BCUT2D eigenvalue weighted by atomic mass is 10.3. The van der Waals surface area contributed by atoms with Gasteiger partial charge in [0.15, 0.2) is 5.65 Å². The second kappa shape index (κ2) is 4.57. The lowest BCUT2D eigenvalue weighted by molar-refractivity contribution is 0.238. The Labute approximate surface area is 107 Å². The average molecular weight is 245 g/mol. The minimum atomic E-state index is 0.481. The first kappa shape index (κ1) is 11.5. The van der Waals surface area contributed by atoms with Crippen LogP contribution >= 0.6 is 0 Å². The van der Waals surface area contributed by atoms with E-state index in [4.69, 9.17) is 5.73 Å². The first-order chi connectivity index (χ1) is 8.75. The molecule has 0 bridgehead atoms. The number of anilines is 1. The number of rotatable bonds is 3. The number of hydrogen-bond acceptors (Lipinski definition) is 4. The molecule has 18 heavy (non-hydrogen) atoms. The molecule has 2 aromatic rings. The predicted molar refractivity (Wildman–Crippen MR) is 72.2 cm³/mol. The van der Waals surface area contributed by atoms with Crippen molar-refractivity contribution < 1.29 is 0 Å². The fourth-order valence-corrected chi connectivity index (χ4v) is 2.72. The van der Waals surface area contributed by atoms with E-state index in [0.29, 0.717) is 12.0 Å². The summed E-state index contributed by atoms with van der Waals surface area (Å²) in [5.41, 5.74) is 7.76. The van der Waals surface area contributed by atoms with Crippen LogP contribution in [-0.4, -0.2) is 38.6 Å². The fourth-order valence-electron chi connectivity index (χ4n) is 2.72. The van der Waals surface area contributed by atoms with Crippen molar-refractivity contribution in [3.05, 3.63) is 18.3 Å². The molecule has 2 N–H and O–H groups in total. The molecular weight excluding hydrogens is 226 g/mol. The summed E-state index contributed by atoms with van der Waals surface area (Å²) < 4.78 is 2.03. The summed E-state index contributed by atoms with van der Waals surface area (Å²) >= 11 is 0. The van der Waals surface area contributed by atoms with Crippen molar-refractivity contribution in [2.45, 2.75) is 32.4 Å². The minimum absolute atomic E-state index is 0.481. The molecule has 0 saturated carbocycles. The lowest BCUT2D eigenvalue weighted by Crippen LogP contribution is -2.34. The molecule has 1 aliphatic rings. The molecule has 0 aromatic carbocycles. The molecule has 5 heteroatoms. The number of aromatic nitrogens is 3. The zero-order valence-corrected chi connectivity index (χ0v) is 10.7. The molecule has 0 amide bonds. The molecule has 1 unspecified atom stereocenters. The van der Waals surface area contributed by atoms with E-state index in [1.54, 1.807) is 6.20 Å². The van der Waals surface area contributed by atoms with Crippen LogP contribution in [0.3, 0.4) is 0 Å². The number of likely N-dealkylation sites (tertiary alicyclic amines) is 1. The van der Waals surface area contributed by atoms with E-state index in [9.17, 15) is 0 Å². The highest BCUT2D eigenvalue weighted by molar-refractivity contribution is 5.73. The summed E-state index contributed by atoms with van der Waals surface area (Å²) in [4.78, 5) is 11.2. The maximum atomic E-state index is 5.99. The number of hydrogen-bond donors (Lipinski definition) is 1. The summed E-state index contributed by atoms with van der Waals surface area (Å²) in [6.07, 6.45) is 4.41. The number of nitrogens with two attached hydrogens (primary N) is 1. The van der Waals surface area contributed by atoms with Gasteiger partial charge >= 0.3 is 0 Å². The van der Waals surface area contributed by atoms with Gasteiger partial charge < -0.3 is 5.73 Å². The number of nitrogens with zero attached hydrogens (tertiary/aromatic N) is 4. The van der Waals surface area contributed by atoms with E-state index in [1.807, 2.05) is 16.7 Å². The van der Waals surface area contributed by atoms with Gasteiger partial charge in [-0.3, -0.25) is 9.47 Å². The molecule has 0 radical (unpaired) electrons. The number of nitrogen functional groups attached to an aromatic ring is 1. The summed E-state index contributed by atoms with van der Waals surface area (Å²) in [7, 11) is 0. The molecule has 3 heterocycles. The lowest BCUT2D eigenvalue weighted by Gasteiger charge is -2.24. The molecule has 5 nitrogen and oxygen atoms in total. The Morgan fingerprint density at radius 2 is 2.17 bits per heavy atom. The van der Waals surface area contributed by atoms with Crippen LogP contribution < -0.4 is 5.73 Å². The molecule has 0 spiro atoms. The van der Waals surface area contributed by atoms with E-state index in [-0.39, 0.29) is 0 Å². The second-order valence-electron chi connectivity index (χ2n) is 5.02. The summed E-state index contributed by atoms with van der Waals surface area (Å²) in [6, 6.07) is 4.33. The Kier molecular flexibility index (Phi) is 2.91. The van der Waals surface area contributed by atoms with Crippen LogP contribution in [-0.2, 0) is 6.54 Å².